The van der Waals surface area contributed by atoms with Crippen LogP contribution in [0.25, 0.3) is 0 Å². The zero-order valence-corrected chi connectivity index (χ0v) is 79.6. The van der Waals surface area contributed by atoms with E-state index in [1.807, 2.05) is 81.7 Å². The van der Waals surface area contributed by atoms with Crippen LogP contribution in [-0.4, -0.2) is 226 Å². The first-order valence-electron chi connectivity index (χ1n) is 45.4. The second kappa shape index (κ2) is 38.8. The Labute approximate surface area is 777 Å². The molecule has 1 atom stereocenters. The highest BCUT2D eigenvalue weighted by Crippen LogP contribution is 2.50. The molecule has 4 fully saturated rings. The first kappa shape index (κ1) is 100. The number of piperidine rings is 4. The van der Waals surface area contributed by atoms with Gasteiger partial charge in [0.15, 0.2) is 34.6 Å². The molecular formula is C99H125ClF10N12O11. The maximum absolute atomic E-state index is 14.3. The molecule has 8 aromatic rings. The Morgan fingerprint density at radius 3 is 1.28 bits per heavy atom. The summed E-state index contributed by atoms with van der Waals surface area (Å²) in [4.78, 5) is 90.8. The zero-order chi connectivity index (χ0) is 96.9. The number of alkyl halides is 9. The van der Waals surface area contributed by atoms with Gasteiger partial charge in [0.2, 0.25) is 0 Å². The predicted octanol–water partition coefficient (Wildman–Crippen LogP) is 18.6. The second-order valence-corrected chi connectivity index (χ2v) is 39.1. The Hall–Kier alpha value is -10.4. The standard InChI is InChI=1S/C26H35N3O3.C25H32ClN3O3.C25H29F6N3O3.C23H27F4N3O2.H2/c1-18(30)21-9-10-23-26(27(5)15-16-29(21)23)11-13-28(14-12-26)24(31)19-7-8-20(25(2,3)4)22(17-19)32-6;1-24(2,3)22(30)19-7-9-21-25(27(4)14-15-29(19)21)10-12-28(13-11-25)23(31)17-6-8-20(32-5)18(26)16-17;1-16(2)37-18-5-4-17(14-19(18)36-3)22(35)32-10-8-23(9-11-32)20-6-7-21(25(29,30)31)34(20)13-12-33(23)15-24(26,27)28;1-14(2)32-18-5-4-16(12-17(18)24)21(31)29-10-8-22(9-11-29)19-6-7-20(23(25,26)27)30(19)13-15(3)28-22;/h7-10,17H,11-16H2,1-6H3;6-9,16H,10-15H2,1-5H3;4-7,14,16H,8-13,15H2,1-3H3;4-7,12,14-15,28H,8-11,13H2,1-3H3;1H/t;;;15-;/m...1./s1. The fourth-order valence-corrected chi connectivity index (χ4v) is 21.0. The second-order valence-electron chi connectivity index (χ2n) is 38.7. The highest BCUT2D eigenvalue weighted by Gasteiger charge is 2.54. The molecular weight excluding hydrogens is 1760 g/mol. The molecule has 0 radical (unpaired) electrons. The fraction of sp³-hybridized carbons (Fsp3) is 0.535. The van der Waals surface area contributed by atoms with Gasteiger partial charge in [-0.25, -0.2) is 4.39 Å². The van der Waals surface area contributed by atoms with Gasteiger partial charge in [-0.3, -0.25) is 43.5 Å². The molecule has 0 unspecified atom stereocenters. The number of amides is 4. The Morgan fingerprint density at radius 2 is 0.835 bits per heavy atom. The third-order valence-electron chi connectivity index (χ3n) is 27.5. The van der Waals surface area contributed by atoms with E-state index in [4.69, 9.17) is 35.3 Å². The van der Waals surface area contributed by atoms with E-state index in [0.29, 0.717) is 96.8 Å². The average molecular weight is 1880 g/mol. The molecule has 8 aliphatic heterocycles. The van der Waals surface area contributed by atoms with Crippen LogP contribution in [0.3, 0.4) is 0 Å². The van der Waals surface area contributed by atoms with Gasteiger partial charge in [0, 0.05) is 163 Å². The molecule has 23 nitrogen and oxygen atoms in total. The first-order chi connectivity index (χ1) is 62.4. The van der Waals surface area contributed by atoms with Gasteiger partial charge in [-0.05, 0) is 226 Å². The lowest BCUT2D eigenvalue weighted by Gasteiger charge is -2.52. The number of methoxy groups -OCH3 is 3. The van der Waals surface area contributed by atoms with E-state index < -0.39 is 58.8 Å². The number of likely N-dealkylation sites (N-methyl/N-ethyl adjacent to an activating group) is 2. The van der Waals surface area contributed by atoms with Crippen molar-refractivity contribution >= 4 is 46.8 Å². The number of Topliss-reactive ketones (excluding diaryl/α,β-unsaturated/α-hetero) is 2. The van der Waals surface area contributed by atoms with Crippen LogP contribution in [0.5, 0.6) is 28.7 Å². The first-order valence-corrected chi connectivity index (χ1v) is 45.8. The molecule has 4 amide bonds. The summed E-state index contributed by atoms with van der Waals surface area (Å²) in [5.74, 6) is 1.34. The third-order valence-corrected chi connectivity index (χ3v) is 27.8. The summed E-state index contributed by atoms with van der Waals surface area (Å²) < 4.78 is 170. The number of ether oxygens (including phenoxy) is 5. The number of rotatable bonds is 14. The Balaban J connectivity index is 0.000000161. The van der Waals surface area contributed by atoms with Crippen molar-refractivity contribution in [2.75, 3.05) is 114 Å². The molecule has 0 bridgehead atoms. The van der Waals surface area contributed by atoms with Crippen LogP contribution in [0.4, 0.5) is 43.9 Å². The lowest BCUT2D eigenvalue weighted by atomic mass is 9.80. The molecule has 4 saturated heterocycles. The summed E-state index contributed by atoms with van der Waals surface area (Å²) in [6, 6.07) is 32.8. The lowest BCUT2D eigenvalue weighted by molar-refractivity contribution is -0.171. The van der Waals surface area contributed by atoms with Crippen molar-refractivity contribution < 1.29 is 97.8 Å². The molecule has 1 N–H and O–H groups in total. The van der Waals surface area contributed by atoms with E-state index in [2.05, 4.69) is 71.3 Å². The number of carbonyl (C=O) groups excluding carboxylic acids is 6. The molecule has 4 aromatic carbocycles. The quantitative estimate of drug-likeness (QED) is 0.0795. The predicted molar refractivity (Wildman–Crippen MR) is 487 cm³/mol. The summed E-state index contributed by atoms with van der Waals surface area (Å²) in [6.07, 6.45) is -9.40. The molecule has 4 spiro atoms. The van der Waals surface area contributed by atoms with Crippen molar-refractivity contribution in [2.45, 2.75) is 225 Å². The Bertz CT molecular complexity index is 5600. The normalized spacial score (nSPS) is 18.9. The van der Waals surface area contributed by atoms with Crippen LogP contribution < -0.4 is 29.0 Å². The maximum atomic E-state index is 14.3. The smallest absolute Gasteiger partial charge is 0.431 e. The van der Waals surface area contributed by atoms with Crippen LogP contribution in [-0.2, 0) is 66.1 Å². The van der Waals surface area contributed by atoms with Crippen LogP contribution in [0.15, 0.2) is 121 Å². The van der Waals surface area contributed by atoms with Crippen LogP contribution >= 0.6 is 11.6 Å². The minimum absolute atomic E-state index is 0. The molecule has 0 aliphatic carbocycles. The molecule has 4 aromatic heterocycles. The van der Waals surface area contributed by atoms with Gasteiger partial charge in [0.05, 0.1) is 78.6 Å². The number of nitrogens with one attached hydrogen (secondary N) is 1. The number of benzene rings is 4. The minimum Gasteiger partial charge on any atom is -0.496 e. The molecule has 12 heterocycles. The summed E-state index contributed by atoms with van der Waals surface area (Å²) in [7, 11) is 8.99. The van der Waals surface area contributed by atoms with Crippen LogP contribution in [0.2, 0.25) is 5.02 Å². The number of hydrogen-bond donors (Lipinski definition) is 1. The van der Waals surface area contributed by atoms with Gasteiger partial charge >= 0.3 is 18.5 Å². The third kappa shape index (κ3) is 20.6. The van der Waals surface area contributed by atoms with E-state index in [1.165, 1.54) is 57.1 Å². The van der Waals surface area contributed by atoms with Crippen molar-refractivity contribution in [1.82, 2.24) is 57.9 Å². The fourth-order valence-electron chi connectivity index (χ4n) is 20.7. The van der Waals surface area contributed by atoms with Gasteiger partial charge in [-0.15, -0.1) is 0 Å². The minimum atomic E-state index is -4.62. The molecule has 724 valence electrons. The van der Waals surface area contributed by atoms with Gasteiger partial charge in [-0.2, -0.15) is 39.5 Å². The number of aromatic nitrogens is 4. The molecule has 16 rings (SSSR count). The molecule has 133 heavy (non-hydrogen) atoms. The van der Waals surface area contributed by atoms with Gasteiger partial charge in [0.25, 0.3) is 23.6 Å². The van der Waals surface area contributed by atoms with Crippen molar-refractivity contribution in [1.29, 1.82) is 0 Å². The Kier molecular flexibility index (Phi) is 29.2. The van der Waals surface area contributed by atoms with E-state index in [0.717, 1.165) is 91.3 Å². The van der Waals surface area contributed by atoms with Crippen molar-refractivity contribution in [3.63, 3.8) is 0 Å². The highest BCUT2D eigenvalue weighted by atomic mass is 35.5. The lowest BCUT2D eigenvalue weighted by Crippen LogP contribution is -2.60. The topological polar surface area (TPSA) is 203 Å². The van der Waals surface area contributed by atoms with Crippen LogP contribution in [0.1, 0.15) is 238 Å². The summed E-state index contributed by atoms with van der Waals surface area (Å²) in [5.41, 5.74) is 3.53. The van der Waals surface area contributed by atoms with Crippen LogP contribution in [0, 0.1) is 11.2 Å². The van der Waals surface area contributed by atoms with E-state index in [1.54, 1.807) is 82.4 Å². The number of hydrogen-bond acceptors (Lipinski definition) is 15. The number of halogens is 11. The van der Waals surface area contributed by atoms with Crippen molar-refractivity contribution in [3.05, 3.63) is 206 Å². The number of carbonyl (C=O) groups is 6. The Morgan fingerprint density at radius 1 is 0.444 bits per heavy atom. The average Bonchev–Trinajstić information content (AvgIpc) is 1.48. The van der Waals surface area contributed by atoms with Gasteiger partial charge in [-0.1, -0.05) is 59.2 Å². The molecule has 8 aliphatic rings. The maximum Gasteiger partial charge on any atom is 0.431 e. The van der Waals surface area contributed by atoms with E-state index in [9.17, 15) is 72.7 Å². The molecule has 0 saturated carbocycles. The molecule has 34 heteroatoms. The number of likely N-dealkylation sites (tertiary alicyclic amines) is 4. The van der Waals surface area contributed by atoms with Crippen molar-refractivity contribution in [3.8, 4) is 28.7 Å². The monoisotopic (exact) mass is 1880 g/mol. The SMILES string of the molecule is CC(C)Oc1ccc(C(=O)N2CCC3(CC2)N[C@H](C)Cn2c(C(F)(F)F)ccc23)cc1F.COc1cc(C(=O)N2CCC3(CC2)c2ccc(C(C)=O)n2CCN3C)ccc1C(C)(C)C.COc1cc(C(=O)N2CCC3(CC2)c2ccc(C(F)(F)F)n2CCN3CC(F)(F)F)ccc1OC(C)C.COc1ccc(C(=O)N2CCC3(CC2)c2ccc(C(=O)C(C)(C)C)n2CCN3C)cc1Cl.[HH]. The van der Waals surface area contributed by atoms with E-state index >= 15 is 0 Å². The number of fused-ring (bicyclic) bond motifs is 8. The number of nitrogens with zero attached hydrogens (tertiary/aromatic N) is 11. The summed E-state index contributed by atoms with van der Waals surface area (Å²) in [5, 5.41) is 3.92. The van der Waals surface area contributed by atoms with Gasteiger partial charge in [0.1, 0.15) is 22.9 Å². The highest BCUT2D eigenvalue weighted by molar-refractivity contribution is 6.32. The largest absolute Gasteiger partial charge is 0.496 e. The summed E-state index contributed by atoms with van der Waals surface area (Å²) in [6.45, 7) is 28.8. The number of ketones is 2. The van der Waals surface area contributed by atoms with Gasteiger partial charge < -0.3 is 66.9 Å². The van der Waals surface area contributed by atoms with Crippen molar-refractivity contribution in [2.24, 2.45) is 5.41 Å². The van der Waals surface area contributed by atoms with E-state index in [-0.39, 0.29) is 134 Å². The zero-order valence-electron chi connectivity index (χ0n) is 78.8. The summed E-state index contributed by atoms with van der Waals surface area (Å²) >= 11 is 6.23.